The van der Waals surface area contributed by atoms with Crippen molar-refractivity contribution in [2.24, 2.45) is 11.8 Å². The predicted octanol–water partition coefficient (Wildman–Crippen LogP) is 4.03. The third kappa shape index (κ3) is 6.32. The number of cyclic esters (lactones) is 1. The Morgan fingerprint density at radius 2 is 1.84 bits per heavy atom. The highest BCUT2D eigenvalue weighted by molar-refractivity contribution is 5.76. The van der Waals surface area contributed by atoms with E-state index >= 15 is 0 Å². The molecule has 162 valence electrons. The van der Waals surface area contributed by atoms with Crippen LogP contribution in [0.25, 0.3) is 0 Å². The molecule has 3 rings (SSSR count). The van der Waals surface area contributed by atoms with E-state index in [2.05, 4.69) is 11.4 Å². The molecule has 1 aliphatic heterocycles. The van der Waals surface area contributed by atoms with Crippen LogP contribution < -0.4 is 5.32 Å². The largest absolute Gasteiger partial charge is 0.465 e. The lowest BCUT2D eigenvalue weighted by molar-refractivity contribution is -0.141. The van der Waals surface area contributed by atoms with Gasteiger partial charge in [0.15, 0.2) is 0 Å². The fourth-order valence-electron chi connectivity index (χ4n) is 3.81. The Morgan fingerprint density at radius 3 is 2.45 bits per heavy atom. The number of hydrogen-bond donors (Lipinski definition) is 1. The minimum absolute atomic E-state index is 0.198. The summed E-state index contributed by atoms with van der Waals surface area (Å²) in [4.78, 5) is 25.1. The number of esters is 1. The van der Waals surface area contributed by atoms with Crippen molar-refractivity contribution in [3.63, 3.8) is 0 Å². The number of ether oxygens (including phenoxy) is 2. The van der Waals surface area contributed by atoms with Crippen LogP contribution in [0.1, 0.15) is 37.5 Å². The molecule has 0 aliphatic carbocycles. The van der Waals surface area contributed by atoms with Gasteiger partial charge in [-0.1, -0.05) is 42.5 Å². The van der Waals surface area contributed by atoms with E-state index in [1.165, 1.54) is 0 Å². The first-order valence-corrected chi connectivity index (χ1v) is 10.4. The molecule has 2 aromatic rings. The van der Waals surface area contributed by atoms with Gasteiger partial charge in [0.25, 0.3) is 0 Å². The van der Waals surface area contributed by atoms with Gasteiger partial charge in [-0.2, -0.15) is 5.26 Å². The molecule has 1 heterocycles. The summed E-state index contributed by atoms with van der Waals surface area (Å²) in [5, 5.41) is 12.0. The summed E-state index contributed by atoms with van der Waals surface area (Å²) in [5.74, 6) is -0.856. The number of rotatable bonds is 6. The average molecular weight is 421 g/mol. The number of nitrogens with zero attached hydrogens (tertiary/aromatic N) is 1. The van der Waals surface area contributed by atoms with Crippen LogP contribution >= 0.6 is 0 Å². The molecular formula is C25H28N2O4. The Bertz CT molecular complexity index is 942. The molecule has 0 aromatic heterocycles. The second-order valence-corrected chi connectivity index (χ2v) is 8.86. The number of carbonyl (C=O) groups excluding carboxylic acids is 2. The molecule has 2 aromatic carbocycles. The summed E-state index contributed by atoms with van der Waals surface area (Å²) in [5.41, 5.74) is 1.96. The maximum Gasteiger partial charge on any atom is 0.407 e. The number of nitrogens with one attached hydrogen (secondary N) is 1. The highest BCUT2D eigenvalue weighted by atomic mass is 16.6. The molecule has 1 amide bonds. The van der Waals surface area contributed by atoms with Gasteiger partial charge < -0.3 is 14.8 Å². The van der Waals surface area contributed by atoms with Gasteiger partial charge in [-0.3, -0.25) is 4.79 Å². The van der Waals surface area contributed by atoms with Crippen molar-refractivity contribution in [2.75, 3.05) is 6.61 Å². The lowest BCUT2D eigenvalue weighted by atomic mass is 9.82. The van der Waals surface area contributed by atoms with Crippen LogP contribution in [0.5, 0.6) is 0 Å². The second kappa shape index (κ2) is 9.65. The minimum atomic E-state index is -0.620. The third-order valence-electron chi connectivity index (χ3n) is 5.29. The molecule has 0 saturated carbocycles. The van der Waals surface area contributed by atoms with E-state index in [0.29, 0.717) is 18.4 Å². The van der Waals surface area contributed by atoms with E-state index in [1.54, 1.807) is 12.1 Å². The number of benzene rings is 2. The number of hydrogen-bond acceptors (Lipinski definition) is 5. The number of alkyl carbamates (subject to hydrolysis) is 1. The van der Waals surface area contributed by atoms with Crippen molar-refractivity contribution in [3.05, 3.63) is 71.3 Å². The zero-order chi connectivity index (χ0) is 22.4. The quantitative estimate of drug-likeness (QED) is 0.713. The number of nitriles is 1. The van der Waals surface area contributed by atoms with Crippen molar-refractivity contribution < 1.29 is 19.1 Å². The van der Waals surface area contributed by atoms with Crippen LogP contribution in [0.2, 0.25) is 0 Å². The number of carbonyl (C=O) groups is 2. The summed E-state index contributed by atoms with van der Waals surface area (Å²) >= 11 is 0. The van der Waals surface area contributed by atoms with Crippen molar-refractivity contribution in [1.82, 2.24) is 5.32 Å². The number of amides is 1. The molecule has 3 atom stereocenters. The topological polar surface area (TPSA) is 88.4 Å². The van der Waals surface area contributed by atoms with Gasteiger partial charge >= 0.3 is 12.1 Å². The molecule has 1 aliphatic rings. The van der Waals surface area contributed by atoms with E-state index in [9.17, 15) is 9.59 Å². The zero-order valence-electron chi connectivity index (χ0n) is 18.1. The summed E-state index contributed by atoms with van der Waals surface area (Å²) in [6.07, 6.45) is 0.534. The van der Waals surface area contributed by atoms with Crippen LogP contribution in [-0.2, 0) is 27.1 Å². The van der Waals surface area contributed by atoms with Gasteiger partial charge in [0.1, 0.15) is 5.60 Å². The summed E-state index contributed by atoms with van der Waals surface area (Å²) < 4.78 is 10.9. The molecule has 1 saturated heterocycles. The van der Waals surface area contributed by atoms with Crippen LogP contribution in [0.15, 0.2) is 54.6 Å². The Labute approximate surface area is 183 Å². The molecule has 1 fully saturated rings. The van der Waals surface area contributed by atoms with Gasteiger partial charge in [-0.05, 0) is 56.9 Å². The van der Waals surface area contributed by atoms with E-state index in [4.69, 9.17) is 14.7 Å². The standard InChI is InChI=1S/C25H28N2O4/c1-25(2,3)31-24(29)27-22(14-17-7-5-4-6-8-17)21-16-30-23(28)20(21)13-18-9-11-19(15-26)12-10-18/h4-12,20-22H,13-14,16H2,1-3H3,(H,27,29)/t20-,21?,22+/m1/s1. The second-order valence-electron chi connectivity index (χ2n) is 8.86. The lowest BCUT2D eigenvalue weighted by Gasteiger charge is -2.28. The predicted molar refractivity (Wildman–Crippen MR) is 116 cm³/mol. The summed E-state index contributed by atoms with van der Waals surface area (Å²) in [6.45, 7) is 5.69. The molecule has 6 heteroatoms. The molecule has 0 bridgehead atoms. The Hall–Kier alpha value is -3.33. The highest BCUT2D eigenvalue weighted by Crippen LogP contribution is 2.30. The lowest BCUT2D eigenvalue weighted by Crippen LogP contribution is -2.46. The fourth-order valence-corrected chi connectivity index (χ4v) is 3.81. The monoisotopic (exact) mass is 420 g/mol. The molecule has 1 unspecified atom stereocenters. The maximum absolute atomic E-state index is 12.6. The SMILES string of the molecule is CC(C)(C)OC(=O)N[C@@H](Cc1ccccc1)C1COC(=O)[C@@H]1Cc1ccc(C#N)cc1. The van der Waals surface area contributed by atoms with Gasteiger partial charge in [0.05, 0.1) is 24.2 Å². The minimum Gasteiger partial charge on any atom is -0.465 e. The molecule has 31 heavy (non-hydrogen) atoms. The Morgan fingerprint density at radius 1 is 1.16 bits per heavy atom. The van der Waals surface area contributed by atoms with E-state index in [0.717, 1.165) is 11.1 Å². The van der Waals surface area contributed by atoms with Gasteiger partial charge in [-0.15, -0.1) is 0 Å². The third-order valence-corrected chi connectivity index (χ3v) is 5.29. The van der Waals surface area contributed by atoms with Gasteiger partial charge in [0, 0.05) is 12.0 Å². The Balaban J connectivity index is 1.81. The first kappa shape index (κ1) is 22.4. The van der Waals surface area contributed by atoms with E-state index < -0.39 is 17.6 Å². The van der Waals surface area contributed by atoms with Gasteiger partial charge in [0.2, 0.25) is 0 Å². The van der Waals surface area contributed by atoms with Crippen molar-refractivity contribution in [2.45, 2.75) is 45.3 Å². The van der Waals surface area contributed by atoms with Crippen LogP contribution in [0.4, 0.5) is 4.79 Å². The first-order valence-electron chi connectivity index (χ1n) is 10.4. The molecule has 1 N–H and O–H groups in total. The van der Waals surface area contributed by atoms with Crippen LogP contribution in [0.3, 0.4) is 0 Å². The Kier molecular flexibility index (Phi) is 6.96. The van der Waals surface area contributed by atoms with Crippen LogP contribution in [-0.4, -0.2) is 30.3 Å². The zero-order valence-corrected chi connectivity index (χ0v) is 18.1. The molecule has 0 radical (unpaired) electrons. The summed E-state index contributed by atoms with van der Waals surface area (Å²) in [6, 6.07) is 18.8. The fraction of sp³-hybridized carbons (Fsp3) is 0.400. The first-order chi connectivity index (χ1) is 14.7. The normalized spacial score (nSPS) is 19.2. The molecule has 6 nitrogen and oxygen atoms in total. The van der Waals surface area contributed by atoms with E-state index in [-0.39, 0.29) is 24.5 Å². The molecule has 0 spiro atoms. The average Bonchev–Trinajstić information content (AvgIpc) is 3.08. The van der Waals surface area contributed by atoms with E-state index in [1.807, 2.05) is 63.2 Å². The van der Waals surface area contributed by atoms with Crippen molar-refractivity contribution in [3.8, 4) is 6.07 Å². The maximum atomic E-state index is 12.6. The van der Waals surface area contributed by atoms with Crippen molar-refractivity contribution >= 4 is 12.1 Å². The van der Waals surface area contributed by atoms with Crippen LogP contribution in [0, 0.1) is 23.2 Å². The molecular weight excluding hydrogens is 392 g/mol. The van der Waals surface area contributed by atoms with Gasteiger partial charge in [-0.25, -0.2) is 4.79 Å². The highest BCUT2D eigenvalue weighted by Gasteiger charge is 2.42. The van der Waals surface area contributed by atoms with Crippen molar-refractivity contribution in [1.29, 1.82) is 5.26 Å². The smallest absolute Gasteiger partial charge is 0.407 e. The summed E-state index contributed by atoms with van der Waals surface area (Å²) in [7, 11) is 0.